The van der Waals surface area contributed by atoms with Gasteiger partial charge in [0.05, 0.1) is 0 Å². The van der Waals surface area contributed by atoms with Crippen molar-refractivity contribution in [3.63, 3.8) is 0 Å². The molecule has 2 aliphatic rings. The summed E-state index contributed by atoms with van der Waals surface area (Å²) in [4.78, 5) is 0. The molecular formula is C24H26Cl2Hf. The monoisotopic (exact) mass is 564 g/mol. The van der Waals surface area contributed by atoms with E-state index in [1.807, 2.05) is 0 Å². The Morgan fingerprint density at radius 1 is 0.741 bits per heavy atom. The molecule has 0 heterocycles. The number of hydrogen-bond acceptors (Lipinski definition) is 0. The van der Waals surface area contributed by atoms with Crippen molar-refractivity contribution >= 4 is 33.1 Å². The molecule has 0 spiro atoms. The zero-order valence-corrected chi connectivity index (χ0v) is 21.7. The molecule has 0 aliphatic heterocycles. The molecule has 140 valence electrons. The van der Waals surface area contributed by atoms with Gasteiger partial charge in [0, 0.05) is 0 Å². The third-order valence-corrected chi connectivity index (χ3v) is 34.8. The van der Waals surface area contributed by atoms with Crippen LogP contribution in [0.15, 0.2) is 47.5 Å². The van der Waals surface area contributed by atoms with Gasteiger partial charge in [-0.05, 0) is 0 Å². The molecule has 0 saturated carbocycles. The molecule has 0 N–H and O–H groups in total. The Morgan fingerprint density at radius 3 is 1.52 bits per heavy atom. The summed E-state index contributed by atoms with van der Waals surface area (Å²) < 4.78 is 2.49. The van der Waals surface area contributed by atoms with E-state index in [9.17, 15) is 0 Å². The molecule has 2 unspecified atom stereocenters. The van der Waals surface area contributed by atoms with Crippen molar-refractivity contribution in [1.82, 2.24) is 0 Å². The molecule has 2 atom stereocenters. The van der Waals surface area contributed by atoms with Crippen LogP contribution in [0.1, 0.15) is 61.5 Å². The third-order valence-electron chi connectivity index (χ3n) is 6.65. The SMILES string of the molecule is C[CH]=[Hf]([Cl])([Cl])([CH]1C(C)=Cc2c(C)cccc21)[CH]1C(C)=Cc2c(C)cccc21. The van der Waals surface area contributed by atoms with Crippen LogP contribution < -0.4 is 0 Å². The molecule has 0 fully saturated rings. The molecule has 4 rings (SSSR count). The minimum absolute atomic E-state index is 0.130. The Labute approximate surface area is 170 Å². The maximum atomic E-state index is 7.79. The third kappa shape index (κ3) is 2.69. The van der Waals surface area contributed by atoms with Crippen LogP contribution in [0.2, 0.25) is 0 Å². The van der Waals surface area contributed by atoms with Crippen LogP contribution in [0, 0.1) is 13.8 Å². The number of halogens is 2. The van der Waals surface area contributed by atoms with Crippen LogP contribution in [0.5, 0.6) is 0 Å². The molecule has 0 aromatic heterocycles. The first-order valence-electron chi connectivity index (χ1n) is 9.62. The fraction of sp³-hybridized carbons (Fsp3) is 0.292. The van der Waals surface area contributed by atoms with Crippen molar-refractivity contribution in [3.05, 3.63) is 80.9 Å². The van der Waals surface area contributed by atoms with Crippen molar-refractivity contribution in [2.24, 2.45) is 0 Å². The minimum atomic E-state index is -4.63. The Morgan fingerprint density at radius 2 is 1.15 bits per heavy atom. The number of aryl methyl sites for hydroxylation is 2. The van der Waals surface area contributed by atoms with Crippen molar-refractivity contribution in [3.8, 4) is 0 Å². The van der Waals surface area contributed by atoms with Gasteiger partial charge < -0.3 is 0 Å². The van der Waals surface area contributed by atoms with E-state index in [2.05, 4.69) is 86.9 Å². The summed E-state index contributed by atoms with van der Waals surface area (Å²) in [5.74, 6) is 0. The molecule has 0 saturated heterocycles. The Bertz CT molecular complexity index is 1020. The fourth-order valence-electron chi connectivity index (χ4n) is 5.38. The van der Waals surface area contributed by atoms with Gasteiger partial charge in [-0.1, -0.05) is 0 Å². The van der Waals surface area contributed by atoms with Crippen LogP contribution in [-0.2, 0) is 15.7 Å². The van der Waals surface area contributed by atoms with E-state index in [0.717, 1.165) is 0 Å². The second-order valence-corrected chi connectivity index (χ2v) is 38.7. The molecule has 27 heavy (non-hydrogen) atoms. The second-order valence-electron chi connectivity index (χ2n) is 8.31. The van der Waals surface area contributed by atoms with Gasteiger partial charge in [0.15, 0.2) is 0 Å². The first-order chi connectivity index (χ1) is 12.7. The first-order valence-corrected chi connectivity index (χ1v) is 24.7. The van der Waals surface area contributed by atoms with Crippen LogP contribution >= 0.6 is 17.2 Å². The van der Waals surface area contributed by atoms with Gasteiger partial charge in [0.25, 0.3) is 0 Å². The molecule has 2 aliphatic carbocycles. The molecular weight excluding hydrogens is 538 g/mol. The van der Waals surface area contributed by atoms with Crippen LogP contribution in [0.3, 0.4) is 0 Å². The summed E-state index contributed by atoms with van der Waals surface area (Å²) in [6.07, 6.45) is 4.62. The topological polar surface area (TPSA) is 0 Å². The van der Waals surface area contributed by atoms with E-state index in [-0.39, 0.29) is 7.35 Å². The summed E-state index contributed by atoms with van der Waals surface area (Å²) in [6, 6.07) is 13.1. The quantitative estimate of drug-likeness (QED) is 0.328. The van der Waals surface area contributed by atoms with Crippen LogP contribution in [0.25, 0.3) is 12.2 Å². The van der Waals surface area contributed by atoms with Crippen LogP contribution in [-0.4, -0.2) is 3.76 Å². The van der Waals surface area contributed by atoms with Gasteiger partial charge >= 0.3 is 172 Å². The number of hydrogen-bond donors (Lipinski definition) is 0. The van der Waals surface area contributed by atoms with E-state index < -0.39 is 15.7 Å². The second kappa shape index (κ2) is 6.37. The Balaban J connectivity index is 2.01. The molecule has 0 bridgehead atoms. The van der Waals surface area contributed by atoms with Gasteiger partial charge in [0.1, 0.15) is 0 Å². The molecule has 0 nitrogen and oxygen atoms in total. The average molecular weight is 564 g/mol. The zero-order chi connectivity index (χ0) is 19.6. The normalized spacial score (nSPS) is 21.5. The van der Waals surface area contributed by atoms with Crippen molar-refractivity contribution in [1.29, 1.82) is 0 Å². The predicted octanol–water partition coefficient (Wildman–Crippen LogP) is 7.74. The van der Waals surface area contributed by atoms with Crippen molar-refractivity contribution < 1.29 is 15.7 Å². The molecule has 3 heteroatoms. The number of rotatable bonds is 2. The summed E-state index contributed by atoms with van der Waals surface area (Å²) in [7, 11) is 15.6. The molecule has 2 aromatic rings. The van der Waals surface area contributed by atoms with Gasteiger partial charge in [-0.3, -0.25) is 0 Å². The standard InChI is InChI=1S/2C11H11.C2H4.2ClH.Hf/c2*1-8-6-10-5-3-4-9(2)11(10)7-8;1-2;;;/h2*3-7H,1-2H3;1H,2H3;2*1H;/q;;;;;+2/p-2. The van der Waals surface area contributed by atoms with Gasteiger partial charge in [0.2, 0.25) is 0 Å². The summed E-state index contributed by atoms with van der Waals surface area (Å²) >= 11 is -4.63. The van der Waals surface area contributed by atoms with Crippen molar-refractivity contribution in [2.45, 2.75) is 42.0 Å². The summed E-state index contributed by atoms with van der Waals surface area (Å²) in [5.41, 5.74) is 10.5. The summed E-state index contributed by atoms with van der Waals surface area (Å²) in [6.45, 7) is 10.9. The summed E-state index contributed by atoms with van der Waals surface area (Å²) in [5, 5.41) is 0. The van der Waals surface area contributed by atoms with Crippen LogP contribution in [0.4, 0.5) is 0 Å². The predicted molar refractivity (Wildman–Crippen MR) is 119 cm³/mol. The zero-order valence-electron chi connectivity index (χ0n) is 16.6. The molecule has 0 radical (unpaired) electrons. The number of fused-ring (bicyclic) bond motifs is 2. The van der Waals surface area contributed by atoms with E-state index in [4.69, 9.17) is 17.2 Å². The van der Waals surface area contributed by atoms with E-state index in [1.54, 1.807) is 0 Å². The van der Waals surface area contributed by atoms with Gasteiger partial charge in [-0.25, -0.2) is 0 Å². The first kappa shape index (κ1) is 19.6. The Hall–Kier alpha value is -0.760. The molecule has 0 amide bonds. The number of allylic oxidation sites excluding steroid dienone is 2. The van der Waals surface area contributed by atoms with Gasteiger partial charge in [-0.15, -0.1) is 0 Å². The van der Waals surface area contributed by atoms with E-state index in [0.29, 0.717) is 0 Å². The number of benzene rings is 2. The van der Waals surface area contributed by atoms with Gasteiger partial charge in [-0.2, -0.15) is 0 Å². The Kier molecular flexibility index (Phi) is 4.61. The fourth-order valence-corrected chi connectivity index (χ4v) is 31.4. The van der Waals surface area contributed by atoms with E-state index >= 15 is 0 Å². The van der Waals surface area contributed by atoms with E-state index in [1.165, 1.54) is 44.5 Å². The maximum absolute atomic E-state index is 7.79. The average Bonchev–Trinajstić information content (AvgIpc) is 3.14. The molecule has 2 aromatic carbocycles. The van der Waals surface area contributed by atoms with Crippen molar-refractivity contribution in [2.75, 3.05) is 0 Å².